The molecule has 0 spiro atoms. The van der Waals surface area contributed by atoms with Crippen LogP contribution in [0, 0.1) is 0 Å². The molecule has 1 unspecified atom stereocenters. The highest BCUT2D eigenvalue weighted by molar-refractivity contribution is 7.92. The van der Waals surface area contributed by atoms with Crippen LogP contribution in [0.25, 0.3) is 22.2 Å². The smallest absolute Gasteiger partial charge is 0.261 e. The first-order chi connectivity index (χ1) is 15.5. The predicted molar refractivity (Wildman–Crippen MR) is 124 cm³/mol. The zero-order valence-electron chi connectivity index (χ0n) is 17.3. The third-order valence-electron chi connectivity index (χ3n) is 5.31. The molecule has 0 bridgehead atoms. The van der Waals surface area contributed by atoms with Gasteiger partial charge in [-0.15, -0.1) is 0 Å². The normalized spacial score (nSPS) is 15.9. The van der Waals surface area contributed by atoms with Gasteiger partial charge in [-0.1, -0.05) is 24.3 Å². The number of benzene rings is 2. The molecular weight excluding hydrogens is 424 g/mol. The highest BCUT2D eigenvalue weighted by Gasteiger charge is 2.21. The predicted octanol–water partition coefficient (Wildman–Crippen LogP) is 3.51. The Morgan fingerprint density at radius 2 is 1.81 bits per heavy atom. The van der Waals surface area contributed by atoms with Gasteiger partial charge < -0.3 is 4.90 Å². The van der Waals surface area contributed by atoms with Crippen LogP contribution in [0.15, 0.2) is 83.1 Å². The van der Waals surface area contributed by atoms with Crippen LogP contribution in [-0.4, -0.2) is 48.2 Å². The minimum atomic E-state index is -3.70. The maximum atomic E-state index is 12.6. The number of aliphatic imine (C=N–C) groups is 1. The molecule has 0 fully saturated rings. The molecule has 0 saturated carbocycles. The first-order valence-electron chi connectivity index (χ1n) is 10.0. The summed E-state index contributed by atoms with van der Waals surface area (Å²) in [5, 5.41) is 0. The van der Waals surface area contributed by atoms with E-state index in [0.29, 0.717) is 12.2 Å². The molecular formula is C23H20N6O2S. The number of sulfonamides is 1. The summed E-state index contributed by atoms with van der Waals surface area (Å²) in [6.45, 7) is 0.657. The second-order valence-electron chi connectivity index (χ2n) is 7.54. The second kappa shape index (κ2) is 8.01. The Morgan fingerprint density at radius 1 is 0.969 bits per heavy atom. The van der Waals surface area contributed by atoms with Crippen LogP contribution in [0.3, 0.4) is 0 Å². The summed E-state index contributed by atoms with van der Waals surface area (Å²) in [6.07, 6.45) is 6.77. The van der Waals surface area contributed by atoms with E-state index in [0.717, 1.165) is 27.9 Å². The summed E-state index contributed by atoms with van der Waals surface area (Å²) in [7, 11) is -1.73. The summed E-state index contributed by atoms with van der Waals surface area (Å²) >= 11 is 0. The van der Waals surface area contributed by atoms with Crippen molar-refractivity contribution in [1.82, 2.24) is 19.9 Å². The lowest BCUT2D eigenvalue weighted by molar-refractivity contribution is 0.417. The van der Waals surface area contributed by atoms with Crippen LogP contribution < -0.4 is 4.72 Å². The monoisotopic (exact) mass is 444 g/mol. The molecule has 0 amide bonds. The van der Waals surface area contributed by atoms with Crippen LogP contribution in [0.5, 0.6) is 0 Å². The molecule has 1 aliphatic heterocycles. The number of rotatable bonds is 5. The highest BCUT2D eigenvalue weighted by atomic mass is 32.2. The van der Waals surface area contributed by atoms with Crippen molar-refractivity contribution in [1.29, 1.82) is 0 Å². The number of hydrogen-bond acceptors (Lipinski definition) is 7. The molecule has 1 atom stereocenters. The molecule has 0 aliphatic carbocycles. The number of anilines is 1. The van der Waals surface area contributed by atoms with Crippen molar-refractivity contribution in [2.45, 2.75) is 10.9 Å². The Balaban J connectivity index is 1.46. The van der Waals surface area contributed by atoms with Gasteiger partial charge in [0.1, 0.15) is 0 Å². The Bertz CT molecular complexity index is 1420. The lowest BCUT2D eigenvalue weighted by Crippen LogP contribution is -2.20. The molecule has 2 aromatic carbocycles. The number of pyridine rings is 1. The van der Waals surface area contributed by atoms with E-state index in [1.54, 1.807) is 55.1 Å². The van der Waals surface area contributed by atoms with Crippen molar-refractivity contribution < 1.29 is 8.42 Å². The van der Waals surface area contributed by atoms with Gasteiger partial charge in [0.15, 0.2) is 0 Å². The Hall–Kier alpha value is -3.85. The molecule has 0 saturated heterocycles. The Labute approximate surface area is 185 Å². The van der Waals surface area contributed by atoms with E-state index in [4.69, 9.17) is 4.98 Å². The zero-order valence-corrected chi connectivity index (χ0v) is 18.1. The molecule has 4 aromatic rings. The molecule has 8 nitrogen and oxygen atoms in total. The van der Waals surface area contributed by atoms with Gasteiger partial charge >= 0.3 is 0 Å². The Morgan fingerprint density at radius 3 is 2.59 bits per heavy atom. The fourth-order valence-electron chi connectivity index (χ4n) is 3.62. The standard InChI is InChI=1S/C23H20N6O2S/c1-29-15-25-14-23(29)22-13-26-20-8-7-16(10-21(20)27-22)17-9-18(12-24-11-17)28-32(30,31)19-5-3-2-4-6-19/h2-13,15,23,28H,14H2,1H3. The average Bonchev–Trinajstić information content (AvgIpc) is 3.24. The number of likely N-dealkylation sites (N-methyl/N-ethyl adjacent to an activating group) is 1. The van der Waals surface area contributed by atoms with Crippen molar-refractivity contribution in [3.63, 3.8) is 0 Å². The van der Waals surface area contributed by atoms with Crippen LogP contribution >= 0.6 is 0 Å². The van der Waals surface area contributed by atoms with E-state index in [9.17, 15) is 8.42 Å². The van der Waals surface area contributed by atoms with E-state index in [-0.39, 0.29) is 10.9 Å². The lowest BCUT2D eigenvalue weighted by Gasteiger charge is -2.18. The summed E-state index contributed by atoms with van der Waals surface area (Å²) in [4.78, 5) is 20.1. The number of nitrogens with one attached hydrogen (secondary N) is 1. The molecule has 32 heavy (non-hydrogen) atoms. The number of aromatic nitrogens is 3. The van der Waals surface area contributed by atoms with Crippen molar-refractivity contribution in [2.75, 3.05) is 18.3 Å². The molecule has 1 N–H and O–H groups in total. The van der Waals surface area contributed by atoms with Crippen LogP contribution in [0.4, 0.5) is 5.69 Å². The fourth-order valence-corrected chi connectivity index (χ4v) is 4.68. The van der Waals surface area contributed by atoms with Gasteiger partial charge in [0.2, 0.25) is 0 Å². The van der Waals surface area contributed by atoms with Crippen LogP contribution in [-0.2, 0) is 10.0 Å². The van der Waals surface area contributed by atoms with Crippen molar-refractivity contribution in [2.24, 2.45) is 4.99 Å². The Kier molecular flexibility index (Phi) is 5.02. The molecule has 0 radical (unpaired) electrons. The van der Waals surface area contributed by atoms with Gasteiger partial charge in [0.25, 0.3) is 10.0 Å². The minimum absolute atomic E-state index is 0.0768. The molecule has 1 aliphatic rings. The average molecular weight is 445 g/mol. The number of hydrogen-bond donors (Lipinski definition) is 1. The van der Waals surface area contributed by atoms with Crippen LogP contribution in [0.2, 0.25) is 0 Å². The van der Waals surface area contributed by atoms with Gasteiger partial charge in [-0.05, 0) is 35.9 Å². The largest absolute Gasteiger partial charge is 0.355 e. The quantitative estimate of drug-likeness (QED) is 0.506. The molecule has 5 rings (SSSR count). The third kappa shape index (κ3) is 3.90. The first-order valence-corrected chi connectivity index (χ1v) is 11.5. The summed E-state index contributed by atoms with van der Waals surface area (Å²) in [5.41, 5.74) is 4.43. The SMILES string of the molecule is CN1C=NCC1c1cnc2ccc(-c3cncc(NS(=O)(=O)c4ccccc4)c3)cc2n1. The minimum Gasteiger partial charge on any atom is -0.355 e. The maximum absolute atomic E-state index is 12.6. The summed E-state index contributed by atoms with van der Waals surface area (Å²) in [6, 6.07) is 15.8. The van der Waals surface area contributed by atoms with Crippen molar-refractivity contribution >= 4 is 33.1 Å². The van der Waals surface area contributed by atoms with E-state index >= 15 is 0 Å². The first kappa shape index (κ1) is 20.1. The van der Waals surface area contributed by atoms with Gasteiger partial charge in [-0.2, -0.15) is 0 Å². The van der Waals surface area contributed by atoms with E-state index in [2.05, 4.69) is 19.7 Å². The van der Waals surface area contributed by atoms with Crippen molar-refractivity contribution in [3.05, 3.63) is 78.9 Å². The molecule has 9 heteroatoms. The fraction of sp³-hybridized carbons (Fsp3) is 0.130. The molecule has 160 valence electrons. The van der Waals surface area contributed by atoms with E-state index < -0.39 is 10.0 Å². The number of nitrogens with zero attached hydrogens (tertiary/aromatic N) is 5. The number of fused-ring (bicyclic) bond motifs is 1. The van der Waals surface area contributed by atoms with Gasteiger partial charge in [0, 0.05) is 18.8 Å². The topological polar surface area (TPSA) is 100 Å². The van der Waals surface area contributed by atoms with E-state index in [1.165, 1.54) is 6.20 Å². The van der Waals surface area contributed by atoms with Gasteiger partial charge in [-0.25, -0.2) is 13.4 Å². The molecule has 3 heterocycles. The summed E-state index contributed by atoms with van der Waals surface area (Å²) in [5.74, 6) is 0. The lowest BCUT2D eigenvalue weighted by atomic mass is 10.1. The molecule has 2 aromatic heterocycles. The summed E-state index contributed by atoms with van der Waals surface area (Å²) < 4.78 is 27.9. The van der Waals surface area contributed by atoms with Crippen LogP contribution in [0.1, 0.15) is 11.7 Å². The van der Waals surface area contributed by atoms with Crippen molar-refractivity contribution in [3.8, 4) is 11.1 Å². The van der Waals surface area contributed by atoms with Gasteiger partial charge in [0.05, 0.1) is 58.6 Å². The van der Waals surface area contributed by atoms with E-state index in [1.807, 2.05) is 30.1 Å². The maximum Gasteiger partial charge on any atom is 0.261 e. The third-order valence-corrected chi connectivity index (χ3v) is 6.71. The highest BCUT2D eigenvalue weighted by Crippen LogP contribution is 2.27. The van der Waals surface area contributed by atoms with Gasteiger partial charge in [-0.3, -0.25) is 19.7 Å². The second-order valence-corrected chi connectivity index (χ2v) is 9.22. The zero-order chi connectivity index (χ0) is 22.1.